The van der Waals surface area contributed by atoms with Crippen molar-refractivity contribution in [1.82, 2.24) is 15.5 Å². The number of hydrogen-bond donors (Lipinski definition) is 2. The van der Waals surface area contributed by atoms with Gasteiger partial charge in [0.05, 0.1) is 0 Å². The van der Waals surface area contributed by atoms with Crippen molar-refractivity contribution in [2.75, 3.05) is 39.3 Å². The normalized spacial score (nSPS) is 25.5. The summed E-state index contributed by atoms with van der Waals surface area (Å²) in [5.74, 6) is 1.42. The van der Waals surface area contributed by atoms with E-state index in [1.807, 2.05) is 0 Å². The summed E-state index contributed by atoms with van der Waals surface area (Å²) >= 11 is 0. The van der Waals surface area contributed by atoms with Crippen LogP contribution < -0.4 is 10.6 Å². The SMILES string of the molecule is CC(CC(=O)NCCCN1CCCCC1)C1CCCNC1. The molecule has 0 spiro atoms. The molecule has 2 atom stereocenters. The van der Waals surface area contributed by atoms with Crippen molar-refractivity contribution in [2.24, 2.45) is 11.8 Å². The third-order valence-corrected chi connectivity index (χ3v) is 5.07. The number of likely N-dealkylation sites (tertiary alicyclic amines) is 1. The van der Waals surface area contributed by atoms with Crippen LogP contribution in [0, 0.1) is 11.8 Å². The van der Waals surface area contributed by atoms with E-state index in [0.717, 1.165) is 32.6 Å². The van der Waals surface area contributed by atoms with Crippen molar-refractivity contribution < 1.29 is 4.79 Å². The van der Waals surface area contributed by atoms with Gasteiger partial charge in [-0.2, -0.15) is 0 Å². The molecule has 4 heteroatoms. The molecule has 4 nitrogen and oxygen atoms in total. The minimum atomic E-state index is 0.242. The Labute approximate surface area is 130 Å². The highest BCUT2D eigenvalue weighted by molar-refractivity contribution is 5.76. The lowest BCUT2D eigenvalue weighted by molar-refractivity contribution is -0.122. The summed E-state index contributed by atoms with van der Waals surface area (Å²) in [6.07, 6.45) is 8.39. The van der Waals surface area contributed by atoms with Gasteiger partial charge in [-0.1, -0.05) is 13.3 Å². The third-order valence-electron chi connectivity index (χ3n) is 5.07. The average Bonchev–Trinajstić information content (AvgIpc) is 2.53. The fourth-order valence-corrected chi connectivity index (χ4v) is 3.61. The van der Waals surface area contributed by atoms with Crippen LogP contribution in [0.1, 0.15) is 51.9 Å². The second kappa shape index (κ2) is 9.42. The zero-order chi connectivity index (χ0) is 14.9. The molecule has 2 unspecified atom stereocenters. The summed E-state index contributed by atoms with van der Waals surface area (Å²) in [5.41, 5.74) is 0. The monoisotopic (exact) mass is 295 g/mol. The van der Waals surface area contributed by atoms with Crippen LogP contribution in [0.15, 0.2) is 0 Å². The molecule has 1 amide bonds. The zero-order valence-corrected chi connectivity index (χ0v) is 13.7. The Kier molecular flexibility index (Phi) is 7.51. The Hall–Kier alpha value is -0.610. The first-order valence-electron chi connectivity index (χ1n) is 8.95. The molecule has 2 fully saturated rings. The number of amides is 1. The van der Waals surface area contributed by atoms with Gasteiger partial charge in [0, 0.05) is 13.0 Å². The first kappa shape index (κ1) is 16.8. The van der Waals surface area contributed by atoms with Crippen molar-refractivity contribution in [3.8, 4) is 0 Å². The molecule has 0 aliphatic carbocycles. The van der Waals surface area contributed by atoms with E-state index in [4.69, 9.17) is 0 Å². The second-order valence-electron chi connectivity index (χ2n) is 6.89. The third kappa shape index (κ3) is 6.35. The van der Waals surface area contributed by atoms with E-state index in [9.17, 15) is 4.79 Å². The van der Waals surface area contributed by atoms with Crippen LogP contribution in [0.2, 0.25) is 0 Å². The Morgan fingerprint density at radius 3 is 2.81 bits per heavy atom. The Morgan fingerprint density at radius 2 is 2.10 bits per heavy atom. The maximum atomic E-state index is 12.0. The molecule has 0 bridgehead atoms. The molecule has 2 saturated heterocycles. The molecule has 2 heterocycles. The number of nitrogens with zero attached hydrogens (tertiary/aromatic N) is 1. The van der Waals surface area contributed by atoms with Crippen LogP contribution in [0.4, 0.5) is 0 Å². The van der Waals surface area contributed by atoms with Gasteiger partial charge in [0.1, 0.15) is 0 Å². The van der Waals surface area contributed by atoms with E-state index in [-0.39, 0.29) is 5.91 Å². The lowest BCUT2D eigenvalue weighted by atomic mass is 9.85. The van der Waals surface area contributed by atoms with Crippen molar-refractivity contribution in [3.63, 3.8) is 0 Å². The van der Waals surface area contributed by atoms with Gasteiger partial charge in [0.15, 0.2) is 0 Å². The van der Waals surface area contributed by atoms with E-state index < -0.39 is 0 Å². The lowest BCUT2D eigenvalue weighted by Gasteiger charge is -2.28. The minimum absolute atomic E-state index is 0.242. The van der Waals surface area contributed by atoms with E-state index >= 15 is 0 Å². The average molecular weight is 295 g/mol. The highest BCUT2D eigenvalue weighted by atomic mass is 16.1. The molecule has 0 aromatic carbocycles. The first-order chi connectivity index (χ1) is 10.3. The Bertz CT molecular complexity index is 296. The predicted octanol–water partition coefficient (Wildman–Crippen LogP) is 2.00. The molecule has 0 aromatic rings. The van der Waals surface area contributed by atoms with Gasteiger partial charge in [0.25, 0.3) is 0 Å². The van der Waals surface area contributed by atoms with Gasteiger partial charge < -0.3 is 15.5 Å². The highest BCUT2D eigenvalue weighted by Crippen LogP contribution is 2.22. The fraction of sp³-hybridized carbons (Fsp3) is 0.941. The molecule has 2 aliphatic rings. The molecule has 2 rings (SSSR count). The molecule has 0 saturated carbocycles. The van der Waals surface area contributed by atoms with Crippen molar-refractivity contribution in [2.45, 2.75) is 51.9 Å². The number of rotatable bonds is 7. The number of carbonyl (C=O) groups is 1. The van der Waals surface area contributed by atoms with Crippen LogP contribution in [-0.4, -0.2) is 50.1 Å². The van der Waals surface area contributed by atoms with Gasteiger partial charge in [0.2, 0.25) is 5.91 Å². The molecular weight excluding hydrogens is 262 g/mol. The summed E-state index contributed by atoms with van der Waals surface area (Å²) in [7, 11) is 0. The standard InChI is InChI=1S/C17H33N3O/c1-15(16-7-5-8-18-14-16)13-17(21)19-9-6-12-20-10-3-2-4-11-20/h15-16,18H,2-14H2,1H3,(H,19,21). The molecule has 0 radical (unpaired) electrons. The van der Waals surface area contributed by atoms with Crippen LogP contribution in [-0.2, 0) is 4.79 Å². The minimum Gasteiger partial charge on any atom is -0.356 e. The van der Waals surface area contributed by atoms with Crippen LogP contribution in [0.25, 0.3) is 0 Å². The summed E-state index contributed by atoms with van der Waals surface area (Å²) < 4.78 is 0. The zero-order valence-electron chi connectivity index (χ0n) is 13.7. The van der Waals surface area contributed by atoms with Crippen LogP contribution in [0.3, 0.4) is 0 Å². The molecule has 0 aromatic heterocycles. The Balaban J connectivity index is 1.52. The van der Waals surface area contributed by atoms with E-state index in [0.29, 0.717) is 18.3 Å². The number of hydrogen-bond acceptors (Lipinski definition) is 3. The predicted molar refractivity (Wildman–Crippen MR) is 87.3 cm³/mol. The molecule has 21 heavy (non-hydrogen) atoms. The van der Waals surface area contributed by atoms with Crippen molar-refractivity contribution in [1.29, 1.82) is 0 Å². The lowest BCUT2D eigenvalue weighted by Crippen LogP contribution is -2.36. The second-order valence-corrected chi connectivity index (χ2v) is 6.89. The fourth-order valence-electron chi connectivity index (χ4n) is 3.61. The largest absolute Gasteiger partial charge is 0.356 e. The number of piperidine rings is 2. The summed E-state index contributed by atoms with van der Waals surface area (Å²) in [6.45, 7) is 8.94. The van der Waals surface area contributed by atoms with Gasteiger partial charge >= 0.3 is 0 Å². The summed E-state index contributed by atoms with van der Waals surface area (Å²) in [6, 6.07) is 0. The molecule has 2 aliphatic heterocycles. The van der Waals surface area contributed by atoms with Gasteiger partial charge in [-0.3, -0.25) is 4.79 Å². The van der Waals surface area contributed by atoms with Crippen LogP contribution >= 0.6 is 0 Å². The van der Waals surface area contributed by atoms with Crippen molar-refractivity contribution >= 4 is 5.91 Å². The smallest absolute Gasteiger partial charge is 0.220 e. The maximum absolute atomic E-state index is 12.0. The topological polar surface area (TPSA) is 44.4 Å². The maximum Gasteiger partial charge on any atom is 0.220 e. The van der Waals surface area contributed by atoms with E-state index in [1.54, 1.807) is 0 Å². The Morgan fingerprint density at radius 1 is 1.29 bits per heavy atom. The quantitative estimate of drug-likeness (QED) is 0.706. The summed E-state index contributed by atoms with van der Waals surface area (Å²) in [4.78, 5) is 14.5. The first-order valence-corrected chi connectivity index (χ1v) is 8.95. The number of nitrogens with one attached hydrogen (secondary N) is 2. The van der Waals surface area contributed by atoms with Gasteiger partial charge in [-0.05, 0) is 76.7 Å². The molecular formula is C17H33N3O. The van der Waals surface area contributed by atoms with Gasteiger partial charge in [-0.15, -0.1) is 0 Å². The molecule has 2 N–H and O–H groups in total. The summed E-state index contributed by atoms with van der Waals surface area (Å²) in [5, 5.41) is 6.55. The van der Waals surface area contributed by atoms with E-state index in [2.05, 4.69) is 22.5 Å². The van der Waals surface area contributed by atoms with Crippen molar-refractivity contribution in [3.05, 3.63) is 0 Å². The van der Waals surface area contributed by atoms with Gasteiger partial charge in [-0.25, -0.2) is 0 Å². The number of carbonyl (C=O) groups excluding carboxylic acids is 1. The van der Waals surface area contributed by atoms with E-state index in [1.165, 1.54) is 45.2 Å². The molecule has 122 valence electrons. The highest BCUT2D eigenvalue weighted by Gasteiger charge is 2.21. The van der Waals surface area contributed by atoms with Crippen LogP contribution in [0.5, 0.6) is 0 Å².